The zero-order chi connectivity index (χ0) is 27.5. The summed E-state index contributed by atoms with van der Waals surface area (Å²) in [5, 5.41) is 48.4. The van der Waals surface area contributed by atoms with Gasteiger partial charge in [0.2, 0.25) is 11.8 Å². The normalized spacial score (nSPS) is 36.2. The number of carbonyl (C=O) groups is 2. The van der Waals surface area contributed by atoms with Gasteiger partial charge in [-0.1, -0.05) is 0 Å². The number of hydrogen-bond acceptors (Lipinski definition) is 13. The van der Waals surface area contributed by atoms with E-state index < -0.39 is 60.8 Å². The van der Waals surface area contributed by atoms with Crippen molar-refractivity contribution in [3.8, 4) is 0 Å². The fourth-order valence-electron chi connectivity index (χ4n) is 4.48. The van der Waals surface area contributed by atoms with Crippen LogP contribution in [0.3, 0.4) is 0 Å². The van der Waals surface area contributed by atoms with Crippen molar-refractivity contribution < 1.29 is 39.5 Å². The predicted molar refractivity (Wildman–Crippen MR) is 133 cm³/mol. The second kappa shape index (κ2) is 15.8. The van der Waals surface area contributed by atoms with Crippen LogP contribution in [0.1, 0.15) is 25.7 Å². The fourth-order valence-corrected chi connectivity index (χ4v) is 4.48. The average Bonchev–Trinajstić information content (AvgIpc) is 2.84. The second-order valence-electron chi connectivity index (χ2n) is 9.80. The van der Waals surface area contributed by atoms with Crippen LogP contribution in [-0.2, 0) is 19.1 Å². The standard InChI is InChI=1S/C22H45N7O8/c23-11-7-13(25)21(19(34)17(11)32)36-9-15(30)28-5-1-3-27-4-2-6-29-16(31)10-37-22-14(26)8-12(24)18(33)20(22)35/h11-14,17-22,27,32-35H,1-10,23-26H2,(H,28,30)(H,29,31)/t11-,12-,13+,14+,17+,18+,19-,20-,21-,22-/m0/s1. The van der Waals surface area contributed by atoms with Crippen LogP contribution in [0, 0.1) is 0 Å². The third kappa shape index (κ3) is 9.96. The van der Waals surface area contributed by atoms with Gasteiger partial charge in [0.15, 0.2) is 0 Å². The molecule has 2 amide bonds. The molecule has 10 atom stereocenters. The Balaban J connectivity index is 1.45. The van der Waals surface area contributed by atoms with Gasteiger partial charge in [-0.25, -0.2) is 0 Å². The lowest BCUT2D eigenvalue weighted by Crippen LogP contribution is -2.62. The molecule has 0 saturated heterocycles. The van der Waals surface area contributed by atoms with Gasteiger partial charge in [0.1, 0.15) is 37.6 Å². The van der Waals surface area contributed by atoms with Crippen LogP contribution in [0.2, 0.25) is 0 Å². The molecule has 2 saturated carbocycles. The first-order valence-corrected chi connectivity index (χ1v) is 12.7. The van der Waals surface area contributed by atoms with E-state index in [1.165, 1.54) is 0 Å². The second-order valence-corrected chi connectivity index (χ2v) is 9.80. The van der Waals surface area contributed by atoms with Crippen molar-refractivity contribution in [1.29, 1.82) is 0 Å². The lowest BCUT2D eigenvalue weighted by atomic mass is 9.85. The molecule has 0 bridgehead atoms. The number of ether oxygens (including phenoxy) is 2. The van der Waals surface area contributed by atoms with E-state index in [1.807, 2.05) is 0 Å². The van der Waals surface area contributed by atoms with Crippen LogP contribution < -0.4 is 38.9 Å². The maximum atomic E-state index is 11.9. The molecule has 0 heterocycles. The highest BCUT2D eigenvalue weighted by Crippen LogP contribution is 2.21. The average molecular weight is 536 g/mol. The molecule has 0 unspecified atom stereocenters. The molecular formula is C22H45N7O8. The third-order valence-corrected chi connectivity index (χ3v) is 6.70. The Bertz CT molecular complexity index is 652. The van der Waals surface area contributed by atoms with Gasteiger partial charge < -0.3 is 68.8 Å². The summed E-state index contributed by atoms with van der Waals surface area (Å²) in [6, 6.07) is -2.40. The van der Waals surface area contributed by atoms with Gasteiger partial charge in [0, 0.05) is 37.3 Å². The van der Waals surface area contributed by atoms with Crippen molar-refractivity contribution in [2.45, 2.75) is 86.5 Å². The van der Waals surface area contributed by atoms with Crippen molar-refractivity contribution in [2.24, 2.45) is 22.9 Å². The van der Waals surface area contributed by atoms with Crippen molar-refractivity contribution in [3.63, 3.8) is 0 Å². The van der Waals surface area contributed by atoms with Crippen LogP contribution in [0.5, 0.6) is 0 Å². The number of rotatable bonds is 14. The lowest BCUT2D eigenvalue weighted by Gasteiger charge is -2.39. The number of hydrogen-bond donors (Lipinski definition) is 11. The van der Waals surface area contributed by atoms with E-state index >= 15 is 0 Å². The minimum absolute atomic E-state index is 0.284. The van der Waals surface area contributed by atoms with Crippen LogP contribution in [0.4, 0.5) is 0 Å². The molecule has 15 N–H and O–H groups in total. The molecule has 0 aromatic heterocycles. The first kappa shape index (κ1) is 31.7. The van der Waals surface area contributed by atoms with E-state index in [-0.39, 0.29) is 37.9 Å². The number of nitrogens with one attached hydrogen (secondary N) is 3. The maximum absolute atomic E-state index is 11.9. The monoisotopic (exact) mass is 535 g/mol. The summed E-state index contributed by atoms with van der Waals surface area (Å²) in [6.07, 6.45) is -4.60. The Labute approximate surface area is 216 Å². The maximum Gasteiger partial charge on any atom is 0.246 e. The first-order valence-electron chi connectivity index (χ1n) is 12.7. The van der Waals surface area contributed by atoms with Gasteiger partial charge in [-0.2, -0.15) is 0 Å². The van der Waals surface area contributed by atoms with Crippen molar-refractivity contribution in [1.82, 2.24) is 16.0 Å². The highest BCUT2D eigenvalue weighted by Gasteiger charge is 2.42. The highest BCUT2D eigenvalue weighted by molar-refractivity contribution is 5.77. The van der Waals surface area contributed by atoms with Crippen molar-refractivity contribution in [2.75, 3.05) is 39.4 Å². The topological polar surface area (TPSA) is 274 Å². The SMILES string of the molecule is N[C@@H]1C[C@H](N)[C@@H](O)[C@H](O)[C@H]1OCC(=O)NCCCNCCCNC(=O)CO[C@@H]1[C@@H](O)[C@H](O)[C@@H](N)C[C@H]1N. The van der Waals surface area contributed by atoms with Gasteiger partial charge in [-0.15, -0.1) is 0 Å². The number of carbonyl (C=O) groups excluding carboxylic acids is 2. The van der Waals surface area contributed by atoms with E-state index in [9.17, 15) is 30.0 Å². The van der Waals surface area contributed by atoms with E-state index in [4.69, 9.17) is 32.4 Å². The molecule has 2 aliphatic carbocycles. The molecule has 2 aliphatic rings. The van der Waals surface area contributed by atoms with Gasteiger partial charge in [0.25, 0.3) is 0 Å². The van der Waals surface area contributed by atoms with E-state index in [1.54, 1.807) is 0 Å². The summed E-state index contributed by atoms with van der Waals surface area (Å²) in [6.45, 7) is 1.57. The summed E-state index contributed by atoms with van der Waals surface area (Å²) in [5.74, 6) is -0.708. The molecule has 15 heteroatoms. The Morgan fingerprint density at radius 3 is 1.38 bits per heavy atom. The highest BCUT2D eigenvalue weighted by atomic mass is 16.5. The van der Waals surface area contributed by atoms with E-state index in [2.05, 4.69) is 16.0 Å². The number of aliphatic hydroxyl groups excluding tert-OH is 4. The summed E-state index contributed by atoms with van der Waals surface area (Å²) in [5.41, 5.74) is 23.2. The Hall–Kier alpha value is -1.50. The minimum Gasteiger partial charge on any atom is -0.389 e. The summed E-state index contributed by atoms with van der Waals surface area (Å²) in [4.78, 5) is 23.9. The smallest absolute Gasteiger partial charge is 0.246 e. The molecule has 0 aromatic carbocycles. The summed E-state index contributed by atoms with van der Waals surface area (Å²) in [7, 11) is 0. The summed E-state index contributed by atoms with van der Waals surface area (Å²) >= 11 is 0. The molecule has 37 heavy (non-hydrogen) atoms. The van der Waals surface area contributed by atoms with Gasteiger partial charge >= 0.3 is 0 Å². The Morgan fingerprint density at radius 2 is 1.00 bits per heavy atom. The Morgan fingerprint density at radius 1 is 0.622 bits per heavy atom. The molecule has 0 aliphatic heterocycles. The van der Waals surface area contributed by atoms with E-state index in [0.29, 0.717) is 39.0 Å². The molecule has 0 radical (unpaired) electrons. The number of amides is 2. The Kier molecular flexibility index (Phi) is 13.5. The van der Waals surface area contributed by atoms with Crippen molar-refractivity contribution >= 4 is 11.8 Å². The van der Waals surface area contributed by atoms with Gasteiger partial charge in [-0.05, 0) is 38.8 Å². The quantitative estimate of drug-likeness (QED) is 0.0925. The number of aliphatic hydroxyl groups is 4. The molecule has 15 nitrogen and oxygen atoms in total. The third-order valence-electron chi connectivity index (χ3n) is 6.70. The van der Waals surface area contributed by atoms with Crippen LogP contribution in [0.25, 0.3) is 0 Å². The molecule has 0 aromatic rings. The largest absolute Gasteiger partial charge is 0.389 e. The zero-order valence-corrected chi connectivity index (χ0v) is 21.1. The molecule has 2 fully saturated rings. The molecular weight excluding hydrogens is 490 g/mol. The molecule has 0 spiro atoms. The van der Waals surface area contributed by atoms with Gasteiger partial charge in [-0.3, -0.25) is 9.59 Å². The van der Waals surface area contributed by atoms with Crippen molar-refractivity contribution in [3.05, 3.63) is 0 Å². The molecule has 2 rings (SSSR count). The predicted octanol–water partition coefficient (Wildman–Crippen LogP) is -6.08. The zero-order valence-electron chi connectivity index (χ0n) is 21.1. The molecule has 216 valence electrons. The van der Waals surface area contributed by atoms with Gasteiger partial charge in [0.05, 0.1) is 12.2 Å². The van der Waals surface area contributed by atoms with Crippen LogP contribution in [-0.4, -0.2) is 132 Å². The van der Waals surface area contributed by atoms with Crippen LogP contribution >= 0.6 is 0 Å². The fraction of sp³-hybridized carbons (Fsp3) is 0.909. The minimum atomic E-state index is -1.25. The summed E-state index contributed by atoms with van der Waals surface area (Å²) < 4.78 is 10.8. The van der Waals surface area contributed by atoms with Crippen LogP contribution in [0.15, 0.2) is 0 Å². The number of nitrogens with two attached hydrogens (primary N) is 4. The van der Waals surface area contributed by atoms with E-state index in [0.717, 1.165) is 0 Å². The lowest BCUT2D eigenvalue weighted by molar-refractivity contribution is -0.145. The first-order chi connectivity index (χ1) is 17.5.